The molecule has 0 amide bonds. The van der Waals surface area contributed by atoms with Crippen LogP contribution in [0, 0.1) is 11.8 Å². The Labute approximate surface area is 165 Å². The Hall–Kier alpha value is -1.83. The van der Waals surface area contributed by atoms with Crippen LogP contribution in [0.2, 0.25) is 0 Å². The second-order valence-electron chi connectivity index (χ2n) is 7.73. The summed E-state index contributed by atoms with van der Waals surface area (Å²) in [6, 6.07) is 7.88. The lowest BCUT2D eigenvalue weighted by atomic mass is 9.92. The van der Waals surface area contributed by atoms with E-state index in [1.54, 1.807) is 18.2 Å². The Balaban J connectivity index is 1.39. The van der Waals surface area contributed by atoms with Crippen molar-refractivity contribution in [2.45, 2.75) is 31.8 Å². The molecule has 2 aliphatic heterocycles. The molecule has 0 radical (unpaired) electrons. The standard InChI is InChI=1S/C21H30F2N4O/c1-15-9-18(27-20(24)10-15)11-16-12-26-13-19(16)28-8-7-25-14-21(22,23)17-5-3-2-4-6-17/h2-6,10,15-16,19,25-26H,7-9,11-14,24H2,1H3/t15-,16+,19-/m0/s1. The third-order valence-electron chi connectivity index (χ3n) is 5.23. The summed E-state index contributed by atoms with van der Waals surface area (Å²) < 4.78 is 34.2. The van der Waals surface area contributed by atoms with E-state index in [-0.39, 0.29) is 11.7 Å². The molecule has 2 heterocycles. The van der Waals surface area contributed by atoms with Crippen molar-refractivity contribution in [2.75, 3.05) is 32.8 Å². The number of ether oxygens (including phenoxy) is 1. The fraction of sp³-hybridized carbons (Fsp3) is 0.571. The van der Waals surface area contributed by atoms with Gasteiger partial charge in [0.05, 0.1) is 19.3 Å². The zero-order valence-corrected chi connectivity index (χ0v) is 16.3. The van der Waals surface area contributed by atoms with Crippen LogP contribution in [0.5, 0.6) is 0 Å². The Morgan fingerprint density at radius 2 is 2.07 bits per heavy atom. The highest BCUT2D eigenvalue weighted by molar-refractivity contribution is 5.86. The van der Waals surface area contributed by atoms with Crippen LogP contribution in [-0.4, -0.2) is 44.6 Å². The molecule has 5 nitrogen and oxygen atoms in total. The van der Waals surface area contributed by atoms with Gasteiger partial charge in [0.2, 0.25) is 0 Å². The molecule has 3 atom stereocenters. The monoisotopic (exact) mass is 392 g/mol. The van der Waals surface area contributed by atoms with Crippen LogP contribution in [-0.2, 0) is 10.7 Å². The lowest BCUT2D eigenvalue weighted by Crippen LogP contribution is -2.34. The summed E-state index contributed by atoms with van der Waals surface area (Å²) in [5, 5.41) is 6.17. The minimum atomic E-state index is -2.89. The summed E-state index contributed by atoms with van der Waals surface area (Å²) in [7, 11) is 0. The van der Waals surface area contributed by atoms with Crippen molar-refractivity contribution in [3.8, 4) is 0 Å². The van der Waals surface area contributed by atoms with E-state index >= 15 is 0 Å². The maximum Gasteiger partial charge on any atom is 0.285 e. The number of nitrogens with two attached hydrogens (primary N) is 1. The van der Waals surface area contributed by atoms with Crippen molar-refractivity contribution in [3.63, 3.8) is 0 Å². The van der Waals surface area contributed by atoms with Gasteiger partial charge in [-0.1, -0.05) is 37.3 Å². The average Bonchev–Trinajstić information content (AvgIpc) is 3.08. The highest BCUT2D eigenvalue weighted by Gasteiger charge is 2.31. The van der Waals surface area contributed by atoms with Gasteiger partial charge >= 0.3 is 0 Å². The third kappa shape index (κ3) is 5.83. The molecule has 7 heteroatoms. The van der Waals surface area contributed by atoms with Gasteiger partial charge in [0, 0.05) is 36.8 Å². The normalized spacial score (nSPS) is 25.5. The van der Waals surface area contributed by atoms with Crippen molar-refractivity contribution in [1.82, 2.24) is 10.6 Å². The van der Waals surface area contributed by atoms with Crippen molar-refractivity contribution < 1.29 is 13.5 Å². The van der Waals surface area contributed by atoms with Gasteiger partial charge in [-0.3, -0.25) is 0 Å². The van der Waals surface area contributed by atoms with Crippen LogP contribution in [0.15, 0.2) is 47.2 Å². The smallest absolute Gasteiger partial charge is 0.285 e. The number of nitrogens with zero attached hydrogens (tertiary/aromatic N) is 1. The van der Waals surface area contributed by atoms with E-state index in [1.807, 2.05) is 6.08 Å². The molecule has 0 unspecified atom stereocenters. The molecule has 3 rings (SSSR count). The summed E-state index contributed by atoms with van der Waals surface area (Å²) in [5.41, 5.74) is 7.02. The summed E-state index contributed by atoms with van der Waals surface area (Å²) in [6.45, 7) is 4.18. The van der Waals surface area contributed by atoms with Crippen molar-refractivity contribution in [2.24, 2.45) is 22.6 Å². The predicted octanol–water partition coefficient (Wildman–Crippen LogP) is 2.64. The summed E-state index contributed by atoms with van der Waals surface area (Å²) in [4.78, 5) is 4.47. The SMILES string of the molecule is C[C@@H]1C=C(N)N=C(C[C@@H]2CNC[C@@H]2OCCNCC(F)(F)c2ccccc2)C1. The lowest BCUT2D eigenvalue weighted by molar-refractivity contribution is -0.00785. The van der Waals surface area contributed by atoms with E-state index in [4.69, 9.17) is 10.5 Å². The fourth-order valence-corrected chi connectivity index (χ4v) is 3.84. The van der Waals surface area contributed by atoms with Gasteiger partial charge < -0.3 is 21.1 Å². The largest absolute Gasteiger partial charge is 0.384 e. The summed E-state index contributed by atoms with van der Waals surface area (Å²) in [6.07, 6.45) is 3.85. The van der Waals surface area contributed by atoms with E-state index < -0.39 is 12.5 Å². The topological polar surface area (TPSA) is 71.7 Å². The molecule has 1 saturated heterocycles. The highest BCUT2D eigenvalue weighted by Crippen LogP contribution is 2.26. The van der Waals surface area contributed by atoms with Gasteiger partial charge in [-0.25, -0.2) is 4.99 Å². The minimum Gasteiger partial charge on any atom is -0.384 e. The quantitative estimate of drug-likeness (QED) is 0.565. The van der Waals surface area contributed by atoms with Gasteiger partial charge in [0.1, 0.15) is 5.82 Å². The molecule has 0 aliphatic carbocycles. The zero-order chi connectivity index (χ0) is 20.0. The van der Waals surface area contributed by atoms with Crippen LogP contribution < -0.4 is 16.4 Å². The first-order valence-electron chi connectivity index (χ1n) is 9.94. The van der Waals surface area contributed by atoms with Crippen molar-refractivity contribution in [3.05, 3.63) is 47.8 Å². The summed E-state index contributed by atoms with van der Waals surface area (Å²) in [5.74, 6) is -1.54. The number of nitrogens with one attached hydrogen (secondary N) is 2. The lowest BCUT2D eigenvalue weighted by Gasteiger charge is -2.23. The molecule has 0 saturated carbocycles. The number of hydrogen-bond acceptors (Lipinski definition) is 5. The van der Waals surface area contributed by atoms with Crippen LogP contribution >= 0.6 is 0 Å². The van der Waals surface area contributed by atoms with Crippen molar-refractivity contribution in [1.29, 1.82) is 0 Å². The van der Waals surface area contributed by atoms with E-state index in [2.05, 4.69) is 22.5 Å². The Morgan fingerprint density at radius 1 is 1.29 bits per heavy atom. The minimum absolute atomic E-state index is 0.0271. The van der Waals surface area contributed by atoms with Crippen LogP contribution in [0.25, 0.3) is 0 Å². The number of rotatable bonds is 9. The zero-order valence-electron chi connectivity index (χ0n) is 16.3. The Bertz CT molecular complexity index is 693. The molecule has 1 aromatic rings. The molecule has 154 valence electrons. The first kappa shape index (κ1) is 20.9. The highest BCUT2D eigenvalue weighted by atomic mass is 19.3. The fourth-order valence-electron chi connectivity index (χ4n) is 3.84. The Morgan fingerprint density at radius 3 is 2.82 bits per heavy atom. The van der Waals surface area contributed by atoms with Gasteiger partial charge in [-0.15, -0.1) is 0 Å². The van der Waals surface area contributed by atoms with E-state index in [1.165, 1.54) is 12.1 Å². The molecule has 0 spiro atoms. The molecule has 1 aromatic carbocycles. The van der Waals surface area contributed by atoms with Gasteiger partial charge in [-0.2, -0.15) is 8.78 Å². The van der Waals surface area contributed by atoms with Crippen LogP contribution in [0.1, 0.15) is 25.3 Å². The molecular weight excluding hydrogens is 362 g/mol. The van der Waals surface area contributed by atoms with E-state index in [0.717, 1.165) is 31.6 Å². The predicted molar refractivity (Wildman–Crippen MR) is 107 cm³/mol. The first-order valence-corrected chi connectivity index (χ1v) is 9.94. The van der Waals surface area contributed by atoms with E-state index in [9.17, 15) is 8.78 Å². The van der Waals surface area contributed by atoms with Crippen LogP contribution in [0.3, 0.4) is 0 Å². The van der Waals surface area contributed by atoms with E-state index in [0.29, 0.717) is 30.8 Å². The molecule has 1 fully saturated rings. The molecule has 28 heavy (non-hydrogen) atoms. The molecule has 4 N–H and O–H groups in total. The number of allylic oxidation sites excluding steroid dienone is 1. The maximum atomic E-state index is 14.1. The number of hydrogen-bond donors (Lipinski definition) is 3. The second-order valence-corrected chi connectivity index (χ2v) is 7.73. The van der Waals surface area contributed by atoms with Gasteiger partial charge in [0.25, 0.3) is 5.92 Å². The van der Waals surface area contributed by atoms with Gasteiger partial charge in [-0.05, 0) is 24.8 Å². The molecule has 2 aliphatic rings. The van der Waals surface area contributed by atoms with Crippen molar-refractivity contribution >= 4 is 5.71 Å². The molecule has 0 bridgehead atoms. The number of halogens is 2. The number of aliphatic imine (C=N–C) groups is 1. The maximum absolute atomic E-state index is 14.1. The second kappa shape index (κ2) is 9.58. The summed E-state index contributed by atoms with van der Waals surface area (Å²) >= 11 is 0. The first-order chi connectivity index (χ1) is 13.4. The van der Waals surface area contributed by atoms with Gasteiger partial charge in [0.15, 0.2) is 0 Å². The average molecular weight is 392 g/mol. The number of alkyl halides is 2. The third-order valence-corrected chi connectivity index (χ3v) is 5.23. The molecular formula is C21H30F2N4O. The Kier molecular flexibility index (Phi) is 7.15. The number of benzene rings is 1. The van der Waals surface area contributed by atoms with Crippen LogP contribution in [0.4, 0.5) is 8.78 Å². The molecule has 0 aromatic heterocycles.